The molecule has 1 atom stereocenters. The van der Waals surface area contributed by atoms with Crippen molar-refractivity contribution in [3.63, 3.8) is 0 Å². The molecule has 0 bridgehead atoms. The molecule has 2 N–H and O–H groups in total. The Kier molecular flexibility index (Phi) is 5.08. The molecule has 1 rings (SSSR count). The lowest BCUT2D eigenvalue weighted by Gasteiger charge is -2.10. The van der Waals surface area contributed by atoms with Gasteiger partial charge in [0.25, 0.3) is 0 Å². The van der Waals surface area contributed by atoms with E-state index in [1.165, 1.54) is 18.4 Å². The molecule has 92 valence electrons. The number of nitrogens with two attached hydrogens (primary N) is 1. The summed E-state index contributed by atoms with van der Waals surface area (Å²) in [6.45, 7) is -0.0693. The van der Waals surface area contributed by atoms with E-state index in [4.69, 9.17) is 10.6 Å². The third-order valence-electron chi connectivity index (χ3n) is 1.82. The van der Waals surface area contributed by atoms with Crippen molar-refractivity contribution in [3.05, 3.63) is 11.1 Å². The number of esters is 1. The molecule has 1 unspecified atom stereocenters. The summed E-state index contributed by atoms with van der Waals surface area (Å²) in [5, 5.41) is 5.32. The molecule has 0 aliphatic heterocycles. The molecule has 7 nitrogen and oxygen atoms in total. The van der Waals surface area contributed by atoms with Gasteiger partial charge in [-0.25, -0.2) is 4.98 Å². The zero-order valence-electron chi connectivity index (χ0n) is 9.03. The Morgan fingerprint density at radius 1 is 1.76 bits per heavy atom. The number of nitrogens with zero attached hydrogens (tertiary/aromatic N) is 2. The number of carbonyl (C=O) groups excluding carboxylic acids is 2. The van der Waals surface area contributed by atoms with Crippen molar-refractivity contribution in [1.29, 1.82) is 0 Å². The lowest BCUT2D eigenvalue weighted by molar-refractivity contribution is -0.144. The predicted octanol–water partition coefficient (Wildman–Crippen LogP) is 0.183. The molecule has 1 aromatic rings. The normalized spacial score (nSPS) is 12.3. The minimum atomic E-state index is -0.711. The fourth-order valence-corrected chi connectivity index (χ4v) is 1.68. The topological polar surface area (TPSA) is 104 Å². The highest BCUT2D eigenvalue weighted by molar-refractivity contribution is 7.13. The number of oxime groups is 1. The summed E-state index contributed by atoms with van der Waals surface area (Å²) in [7, 11) is 1.26. The Labute approximate surface area is 101 Å². The third-order valence-corrected chi connectivity index (χ3v) is 2.51. The van der Waals surface area contributed by atoms with E-state index in [2.05, 4.69) is 14.9 Å². The Hall–Kier alpha value is -1.96. The van der Waals surface area contributed by atoms with E-state index < -0.39 is 11.9 Å². The lowest BCUT2D eigenvalue weighted by Crippen LogP contribution is -2.19. The van der Waals surface area contributed by atoms with Gasteiger partial charge >= 0.3 is 5.97 Å². The summed E-state index contributed by atoms with van der Waals surface area (Å²) in [4.78, 5) is 30.2. The quantitative estimate of drug-likeness (QED) is 0.337. The molecule has 0 amide bonds. The van der Waals surface area contributed by atoms with E-state index in [0.717, 1.165) is 6.21 Å². The van der Waals surface area contributed by atoms with Crippen LogP contribution in [0, 0.1) is 0 Å². The first-order chi connectivity index (χ1) is 8.19. The minimum absolute atomic E-state index is 0.0693. The van der Waals surface area contributed by atoms with Gasteiger partial charge in [0.15, 0.2) is 11.4 Å². The van der Waals surface area contributed by atoms with E-state index in [1.807, 2.05) is 0 Å². The van der Waals surface area contributed by atoms with Crippen LogP contribution < -0.4 is 5.73 Å². The van der Waals surface area contributed by atoms with Crippen LogP contribution >= 0.6 is 11.3 Å². The first-order valence-electron chi connectivity index (χ1n) is 4.56. The van der Waals surface area contributed by atoms with Crippen LogP contribution in [0.25, 0.3) is 0 Å². The lowest BCUT2D eigenvalue weighted by atomic mass is 10.1. The van der Waals surface area contributed by atoms with Gasteiger partial charge in [0, 0.05) is 5.38 Å². The van der Waals surface area contributed by atoms with E-state index in [0.29, 0.717) is 17.1 Å². The Balaban J connectivity index is 2.70. The number of carbonyl (C=O) groups is 2. The molecule has 0 aliphatic rings. The van der Waals surface area contributed by atoms with Crippen molar-refractivity contribution in [1.82, 2.24) is 4.98 Å². The average molecular weight is 257 g/mol. The summed E-state index contributed by atoms with van der Waals surface area (Å²) in [5.74, 6) is -1.21. The summed E-state index contributed by atoms with van der Waals surface area (Å²) in [5.41, 5.74) is 5.93. The number of aldehydes is 1. The molecule has 1 aromatic heterocycles. The fourth-order valence-electron chi connectivity index (χ4n) is 1.06. The van der Waals surface area contributed by atoms with Crippen LogP contribution in [0.1, 0.15) is 11.6 Å². The predicted molar refractivity (Wildman–Crippen MR) is 61.8 cm³/mol. The van der Waals surface area contributed by atoms with Gasteiger partial charge in [-0.3, -0.25) is 9.59 Å². The maximum Gasteiger partial charge on any atom is 0.318 e. The standard InChI is InChI=1S/C9H11N3O4S/c1-15-8(14)6(4-16-11-2-3-13)7-5-17-9(10)12-7/h2-3,5-6H,4H2,1H3,(H2,10,12). The number of rotatable bonds is 6. The van der Waals surface area contributed by atoms with Crippen molar-refractivity contribution >= 4 is 34.9 Å². The van der Waals surface area contributed by atoms with Gasteiger partial charge in [0.1, 0.15) is 18.7 Å². The van der Waals surface area contributed by atoms with Gasteiger partial charge in [-0.15, -0.1) is 11.3 Å². The van der Waals surface area contributed by atoms with Crippen LogP contribution in [0.2, 0.25) is 0 Å². The highest BCUT2D eigenvalue weighted by Gasteiger charge is 2.25. The number of nitrogen functional groups attached to an aromatic ring is 1. The molecule has 0 spiro atoms. The number of thiazole rings is 1. The van der Waals surface area contributed by atoms with E-state index in [9.17, 15) is 9.59 Å². The van der Waals surface area contributed by atoms with Gasteiger partial charge in [-0.2, -0.15) is 0 Å². The van der Waals surface area contributed by atoms with Crippen LogP contribution in [0.3, 0.4) is 0 Å². The van der Waals surface area contributed by atoms with Crippen LogP contribution in [-0.2, 0) is 19.2 Å². The van der Waals surface area contributed by atoms with Crippen LogP contribution in [0.5, 0.6) is 0 Å². The van der Waals surface area contributed by atoms with Gasteiger partial charge in [-0.05, 0) is 0 Å². The smallest absolute Gasteiger partial charge is 0.318 e. The van der Waals surface area contributed by atoms with Crippen molar-refractivity contribution in [2.75, 3.05) is 19.5 Å². The zero-order chi connectivity index (χ0) is 12.7. The highest BCUT2D eigenvalue weighted by atomic mass is 32.1. The molecular weight excluding hydrogens is 246 g/mol. The second kappa shape index (κ2) is 6.59. The number of hydrogen-bond donors (Lipinski definition) is 1. The van der Waals surface area contributed by atoms with E-state index in [1.54, 1.807) is 5.38 Å². The first kappa shape index (κ1) is 13.1. The van der Waals surface area contributed by atoms with Crippen molar-refractivity contribution in [2.24, 2.45) is 5.16 Å². The maximum atomic E-state index is 11.5. The second-order valence-corrected chi connectivity index (χ2v) is 3.76. The van der Waals surface area contributed by atoms with E-state index >= 15 is 0 Å². The molecule has 0 radical (unpaired) electrons. The highest BCUT2D eigenvalue weighted by Crippen LogP contribution is 2.21. The zero-order valence-corrected chi connectivity index (χ0v) is 9.85. The summed E-state index contributed by atoms with van der Waals surface area (Å²) in [6, 6.07) is 0. The Morgan fingerprint density at radius 3 is 3.06 bits per heavy atom. The van der Waals surface area contributed by atoms with Crippen molar-refractivity contribution in [3.8, 4) is 0 Å². The number of anilines is 1. The average Bonchev–Trinajstić information content (AvgIpc) is 2.75. The van der Waals surface area contributed by atoms with Crippen LogP contribution in [0.4, 0.5) is 5.13 Å². The molecule has 0 aliphatic carbocycles. The van der Waals surface area contributed by atoms with Gasteiger partial charge in [-0.1, -0.05) is 5.16 Å². The van der Waals surface area contributed by atoms with Gasteiger partial charge in [0.05, 0.1) is 12.8 Å². The minimum Gasteiger partial charge on any atom is -0.468 e. The monoisotopic (exact) mass is 257 g/mol. The Morgan fingerprint density at radius 2 is 2.53 bits per heavy atom. The molecule has 17 heavy (non-hydrogen) atoms. The molecular formula is C9H11N3O4S. The second-order valence-electron chi connectivity index (χ2n) is 2.87. The van der Waals surface area contributed by atoms with Crippen molar-refractivity contribution in [2.45, 2.75) is 5.92 Å². The van der Waals surface area contributed by atoms with Crippen molar-refractivity contribution < 1.29 is 19.2 Å². The number of hydrogen-bond acceptors (Lipinski definition) is 8. The molecule has 8 heteroatoms. The van der Waals surface area contributed by atoms with Gasteiger partial charge in [0.2, 0.25) is 0 Å². The van der Waals surface area contributed by atoms with E-state index in [-0.39, 0.29) is 6.61 Å². The number of aromatic nitrogens is 1. The summed E-state index contributed by atoms with van der Waals surface area (Å²) < 4.78 is 4.62. The third kappa shape index (κ3) is 3.83. The SMILES string of the molecule is COC(=O)C(CON=CC=O)c1csc(N)n1. The van der Waals surface area contributed by atoms with Crippen LogP contribution in [0.15, 0.2) is 10.5 Å². The largest absolute Gasteiger partial charge is 0.468 e. The summed E-state index contributed by atoms with van der Waals surface area (Å²) >= 11 is 1.21. The Bertz CT molecular complexity index is 418. The molecule has 1 heterocycles. The fraction of sp³-hybridized carbons (Fsp3) is 0.333. The maximum absolute atomic E-state index is 11.5. The summed E-state index contributed by atoms with van der Waals surface area (Å²) in [6.07, 6.45) is 1.40. The first-order valence-corrected chi connectivity index (χ1v) is 5.44. The van der Waals surface area contributed by atoms with Gasteiger partial charge < -0.3 is 15.3 Å². The molecule has 0 saturated carbocycles. The molecule has 0 saturated heterocycles. The van der Waals surface area contributed by atoms with Crippen LogP contribution in [-0.4, -0.2) is 37.2 Å². The molecule has 0 fully saturated rings. The molecule has 0 aromatic carbocycles. The number of ether oxygens (including phenoxy) is 1. The number of methoxy groups -OCH3 is 1.